The van der Waals surface area contributed by atoms with Gasteiger partial charge in [0.1, 0.15) is 23.6 Å². The largest absolute Gasteiger partial charge is 0.474 e. The molecule has 0 bridgehead atoms. The first-order valence-electron chi connectivity index (χ1n) is 22.4. The fourth-order valence-electron chi connectivity index (χ4n) is 9.59. The highest BCUT2D eigenvalue weighted by Crippen LogP contribution is 2.48. The topological polar surface area (TPSA) is 203 Å². The Morgan fingerprint density at radius 1 is 1.02 bits per heavy atom. The number of ether oxygens (including phenoxy) is 1. The molecule has 19 heteroatoms. The summed E-state index contributed by atoms with van der Waals surface area (Å²) in [5, 5.41) is 16.8. The van der Waals surface area contributed by atoms with Gasteiger partial charge in [0.25, 0.3) is 21.6 Å². The summed E-state index contributed by atoms with van der Waals surface area (Å²) in [6.45, 7) is 9.56. The average molecular weight is 957 g/mol. The van der Waals surface area contributed by atoms with Gasteiger partial charge in [0, 0.05) is 80.0 Å². The normalized spacial score (nSPS) is 21.3. The lowest BCUT2D eigenvalue weighted by atomic mass is 9.72. The molecule has 2 fully saturated rings. The highest BCUT2D eigenvalue weighted by molar-refractivity contribution is 7.90. The highest BCUT2D eigenvalue weighted by atomic mass is 35.5. The molecule has 0 radical (unpaired) electrons. The third-order valence-corrected chi connectivity index (χ3v) is 16.9. The Morgan fingerprint density at radius 3 is 2.52 bits per heavy atom. The van der Waals surface area contributed by atoms with E-state index in [1.54, 1.807) is 12.3 Å². The summed E-state index contributed by atoms with van der Waals surface area (Å²) >= 11 is 6.26. The van der Waals surface area contributed by atoms with Crippen LogP contribution in [0.3, 0.4) is 0 Å². The van der Waals surface area contributed by atoms with Crippen molar-refractivity contribution >= 4 is 79.9 Å². The van der Waals surface area contributed by atoms with Gasteiger partial charge in [0.15, 0.2) is 0 Å². The number of aromatic amines is 1. The fourth-order valence-corrected chi connectivity index (χ4v) is 12.5. The van der Waals surface area contributed by atoms with Crippen LogP contribution in [0.1, 0.15) is 61.9 Å². The molecule has 4 N–H and O–H groups in total. The number of amides is 1. The number of anilines is 4. The zero-order chi connectivity index (χ0) is 46.4. The van der Waals surface area contributed by atoms with E-state index in [1.807, 2.05) is 41.3 Å². The maximum absolute atomic E-state index is 14.3. The number of rotatable bonds is 12. The van der Waals surface area contributed by atoms with Crippen LogP contribution in [0.15, 0.2) is 89.5 Å². The van der Waals surface area contributed by atoms with Crippen molar-refractivity contribution in [2.75, 3.05) is 79.9 Å². The van der Waals surface area contributed by atoms with Crippen LogP contribution in [0.25, 0.3) is 16.6 Å². The second-order valence-corrected chi connectivity index (χ2v) is 23.3. The number of allylic oxidation sites excluding steroid dienone is 1. The van der Waals surface area contributed by atoms with Crippen molar-refractivity contribution in [3.8, 4) is 5.88 Å². The Hall–Kier alpha value is -5.45. The fraction of sp³-hybridized carbons (Fsp3) is 0.404. The Balaban J connectivity index is 0.965. The van der Waals surface area contributed by atoms with Crippen molar-refractivity contribution in [1.82, 2.24) is 19.6 Å². The van der Waals surface area contributed by atoms with Crippen LogP contribution in [0, 0.1) is 21.4 Å². The van der Waals surface area contributed by atoms with Gasteiger partial charge in [-0.05, 0) is 109 Å². The van der Waals surface area contributed by atoms with E-state index in [9.17, 15) is 32.8 Å². The molecule has 9 rings (SSSR count). The van der Waals surface area contributed by atoms with E-state index in [2.05, 4.69) is 55.8 Å². The number of hydrogen-bond acceptors (Lipinski definition) is 12. The number of nitro benzene ring substituents is 1. The maximum atomic E-state index is 14.3. The molecular weight excluding hydrogens is 903 g/mol. The SMILES string of the molecule is CC1(C)CCC(CN2CCN(c3ccc(C(=O)NS(=O)(=O)c4ccc(NCC5CCP(=O)(O)CC5)c([N+](=O)[O-])c4)c(N4CCOc5nc6[nH]ccc6cc54)c3)CC2)=C(c2ccc(Cl)cc2)C1. The predicted octanol–water partition coefficient (Wildman–Crippen LogP) is 8.65. The first kappa shape index (κ1) is 45.7. The predicted molar refractivity (Wildman–Crippen MR) is 258 cm³/mol. The Labute approximate surface area is 389 Å². The second kappa shape index (κ2) is 18.3. The number of halogens is 1. The summed E-state index contributed by atoms with van der Waals surface area (Å²) in [6.07, 6.45) is 6.34. The molecule has 3 aromatic carbocycles. The van der Waals surface area contributed by atoms with Crippen LogP contribution in [0.2, 0.25) is 5.02 Å². The molecule has 5 aromatic rings. The van der Waals surface area contributed by atoms with Gasteiger partial charge < -0.3 is 29.7 Å². The van der Waals surface area contributed by atoms with E-state index in [1.165, 1.54) is 28.8 Å². The summed E-state index contributed by atoms with van der Waals surface area (Å²) < 4.78 is 48.0. The molecule has 16 nitrogen and oxygen atoms in total. The summed E-state index contributed by atoms with van der Waals surface area (Å²) in [5.41, 5.74) is 6.60. The minimum Gasteiger partial charge on any atom is -0.474 e. The molecule has 348 valence electrons. The van der Waals surface area contributed by atoms with Crippen LogP contribution in [0.4, 0.5) is 28.4 Å². The van der Waals surface area contributed by atoms with Crippen molar-refractivity contribution in [3.05, 3.63) is 111 Å². The molecular formula is C47H54ClN8O8PS. The standard InChI is InChI=1S/C47H54ClN8O8PS/c1-47(2)15-11-34(39(28-47)32-3-5-35(48)6-4-32)30-53-17-19-54(20-18-53)36-7-9-38(41(26-36)55-21-22-64-46-43(55)25-33-12-16-49-44(33)51-46)45(57)52-66(62,63)37-8-10-40(42(27-37)56(58)59)50-29-31-13-23-65(60,61)24-14-31/h3-10,12,16,25-27,31,50H,11,13-15,17-24,28-30H2,1-2H3,(H,49,51)(H,52,57)(H,60,61). The van der Waals surface area contributed by atoms with Crippen LogP contribution in [-0.4, -0.2) is 104 Å². The van der Waals surface area contributed by atoms with Gasteiger partial charge in [-0.15, -0.1) is 0 Å². The number of nitrogens with one attached hydrogen (secondary N) is 3. The summed E-state index contributed by atoms with van der Waals surface area (Å²) in [6, 6.07) is 20.8. The van der Waals surface area contributed by atoms with Crippen LogP contribution < -0.4 is 24.6 Å². The molecule has 0 atom stereocenters. The maximum Gasteiger partial charge on any atom is 0.293 e. The van der Waals surface area contributed by atoms with E-state index >= 15 is 0 Å². The molecule has 3 aliphatic heterocycles. The third kappa shape index (κ3) is 9.96. The number of carbonyl (C=O) groups excluding carboxylic acids is 1. The number of nitrogens with zero attached hydrogens (tertiary/aromatic N) is 5. The quantitative estimate of drug-likeness (QED) is 0.0526. The molecule has 1 amide bonds. The lowest BCUT2D eigenvalue weighted by Crippen LogP contribution is -2.47. The molecule has 0 unspecified atom stereocenters. The van der Waals surface area contributed by atoms with Gasteiger partial charge in [0.05, 0.1) is 27.6 Å². The Morgan fingerprint density at radius 2 is 1.77 bits per heavy atom. The van der Waals surface area contributed by atoms with Gasteiger partial charge in [-0.2, -0.15) is 4.98 Å². The number of fused-ring (bicyclic) bond motifs is 2. The number of carbonyl (C=O) groups is 1. The Bertz CT molecular complexity index is 2870. The smallest absolute Gasteiger partial charge is 0.293 e. The number of H-pyrrole nitrogens is 1. The number of benzene rings is 3. The number of sulfonamides is 1. The summed E-state index contributed by atoms with van der Waals surface area (Å²) in [5.74, 6) is -0.513. The van der Waals surface area contributed by atoms with E-state index in [0.29, 0.717) is 48.8 Å². The van der Waals surface area contributed by atoms with Gasteiger partial charge in [0.2, 0.25) is 13.2 Å². The Kier molecular flexibility index (Phi) is 12.7. The zero-order valence-corrected chi connectivity index (χ0v) is 39.4. The van der Waals surface area contributed by atoms with Gasteiger partial charge in [-0.3, -0.25) is 24.4 Å². The van der Waals surface area contributed by atoms with E-state index in [4.69, 9.17) is 16.3 Å². The minimum atomic E-state index is -4.61. The molecule has 5 heterocycles. The van der Waals surface area contributed by atoms with Crippen molar-refractivity contribution in [2.24, 2.45) is 11.3 Å². The molecule has 66 heavy (non-hydrogen) atoms. The van der Waals surface area contributed by atoms with Crippen LogP contribution >= 0.6 is 19.0 Å². The van der Waals surface area contributed by atoms with Crippen molar-refractivity contribution in [3.63, 3.8) is 0 Å². The molecule has 2 aromatic heterocycles. The highest BCUT2D eigenvalue weighted by Gasteiger charge is 2.33. The minimum absolute atomic E-state index is 0.0296. The lowest BCUT2D eigenvalue weighted by molar-refractivity contribution is -0.384. The van der Waals surface area contributed by atoms with Gasteiger partial charge in [-0.25, -0.2) is 13.1 Å². The first-order chi connectivity index (χ1) is 31.5. The number of nitro groups is 1. The third-order valence-electron chi connectivity index (χ3n) is 13.4. The molecule has 0 saturated carbocycles. The van der Waals surface area contributed by atoms with Crippen molar-refractivity contribution in [2.45, 2.75) is 50.8 Å². The first-order valence-corrected chi connectivity index (χ1v) is 26.3. The zero-order valence-electron chi connectivity index (χ0n) is 37.0. The monoisotopic (exact) mass is 956 g/mol. The number of pyridine rings is 1. The summed E-state index contributed by atoms with van der Waals surface area (Å²) in [4.78, 5) is 49.8. The van der Waals surface area contributed by atoms with Crippen molar-refractivity contribution < 1.29 is 32.3 Å². The number of hydrogen-bond donors (Lipinski definition) is 4. The number of aromatic nitrogens is 2. The molecule has 2 saturated heterocycles. The second-order valence-electron chi connectivity index (χ2n) is 18.6. The molecule has 0 spiro atoms. The molecule has 4 aliphatic rings. The van der Waals surface area contributed by atoms with E-state index < -0.39 is 38.8 Å². The van der Waals surface area contributed by atoms with Crippen LogP contribution in [0.5, 0.6) is 5.88 Å². The van der Waals surface area contributed by atoms with Gasteiger partial charge >= 0.3 is 0 Å². The average Bonchev–Trinajstić information content (AvgIpc) is 3.76. The summed E-state index contributed by atoms with van der Waals surface area (Å²) in [7, 11) is -7.74. The van der Waals surface area contributed by atoms with Gasteiger partial charge in [-0.1, -0.05) is 43.2 Å². The van der Waals surface area contributed by atoms with E-state index in [0.717, 1.165) is 74.1 Å². The van der Waals surface area contributed by atoms with Crippen molar-refractivity contribution in [1.29, 1.82) is 0 Å². The molecule has 1 aliphatic carbocycles. The van der Waals surface area contributed by atoms with Crippen LogP contribution in [-0.2, 0) is 14.6 Å². The number of piperazine rings is 1. The van der Waals surface area contributed by atoms with E-state index in [-0.39, 0.29) is 41.5 Å². The lowest BCUT2D eigenvalue weighted by Gasteiger charge is -2.39.